The van der Waals surface area contributed by atoms with E-state index < -0.39 is 0 Å². The number of pyridine rings is 1. The Morgan fingerprint density at radius 3 is 3.06 bits per heavy atom. The van der Waals surface area contributed by atoms with Crippen LogP contribution in [-0.2, 0) is 0 Å². The molecule has 0 bridgehead atoms. The fourth-order valence-corrected chi connectivity index (χ4v) is 2.00. The summed E-state index contributed by atoms with van der Waals surface area (Å²) in [7, 11) is 0. The lowest BCUT2D eigenvalue weighted by molar-refractivity contribution is 0.548. The summed E-state index contributed by atoms with van der Waals surface area (Å²) < 4.78 is 5.13. The minimum Gasteiger partial charge on any atom is -0.472 e. The maximum Gasteiger partial charge on any atom is 0.128 e. The van der Waals surface area contributed by atoms with Crippen molar-refractivity contribution in [1.82, 2.24) is 10.3 Å². The maximum absolute atomic E-state index is 5.99. The molecule has 96 valence electrons. The Morgan fingerprint density at radius 1 is 1.56 bits per heavy atom. The summed E-state index contributed by atoms with van der Waals surface area (Å²) in [5, 5.41) is 3.99. The molecule has 0 saturated carbocycles. The molecular weight excluding hydrogens is 250 g/mol. The van der Waals surface area contributed by atoms with Crippen LogP contribution in [0.4, 0.5) is 5.82 Å². The highest BCUT2D eigenvalue weighted by atomic mass is 35.5. The van der Waals surface area contributed by atoms with Crippen molar-refractivity contribution in [2.24, 2.45) is 0 Å². The van der Waals surface area contributed by atoms with Gasteiger partial charge in [-0.3, -0.25) is 0 Å². The molecule has 3 N–H and O–H groups in total. The zero-order chi connectivity index (χ0) is 13.0. The van der Waals surface area contributed by atoms with Crippen molar-refractivity contribution in [3.63, 3.8) is 0 Å². The van der Waals surface area contributed by atoms with Crippen LogP contribution in [0.3, 0.4) is 0 Å². The number of nitrogens with one attached hydrogen (secondary N) is 1. The van der Waals surface area contributed by atoms with Crippen LogP contribution in [0.1, 0.15) is 30.5 Å². The van der Waals surface area contributed by atoms with Gasteiger partial charge in [0.05, 0.1) is 23.6 Å². The van der Waals surface area contributed by atoms with E-state index in [4.69, 9.17) is 21.8 Å². The van der Waals surface area contributed by atoms with Crippen LogP contribution in [0.5, 0.6) is 0 Å². The Balaban J connectivity index is 2.36. The predicted molar refractivity (Wildman–Crippen MR) is 72.5 cm³/mol. The molecule has 5 heteroatoms. The molecule has 0 aliphatic carbocycles. The second-order valence-corrected chi connectivity index (χ2v) is 4.51. The number of rotatable bonds is 5. The predicted octanol–water partition coefficient (Wildman–Crippen LogP) is 3.00. The molecule has 4 nitrogen and oxygen atoms in total. The van der Waals surface area contributed by atoms with Gasteiger partial charge in [-0.2, -0.15) is 0 Å². The molecule has 0 fully saturated rings. The van der Waals surface area contributed by atoms with E-state index in [2.05, 4.69) is 17.2 Å². The topological polar surface area (TPSA) is 64.1 Å². The van der Waals surface area contributed by atoms with Crippen molar-refractivity contribution < 1.29 is 4.42 Å². The van der Waals surface area contributed by atoms with Crippen LogP contribution in [0.2, 0.25) is 5.02 Å². The van der Waals surface area contributed by atoms with Crippen LogP contribution >= 0.6 is 11.6 Å². The first-order chi connectivity index (χ1) is 8.72. The number of anilines is 1. The summed E-state index contributed by atoms with van der Waals surface area (Å²) in [4.78, 5) is 4.09. The largest absolute Gasteiger partial charge is 0.472 e. The number of hydrogen-bond donors (Lipinski definition) is 2. The highest BCUT2D eigenvalue weighted by molar-refractivity contribution is 6.30. The average molecular weight is 266 g/mol. The van der Waals surface area contributed by atoms with Gasteiger partial charge in [-0.1, -0.05) is 18.5 Å². The van der Waals surface area contributed by atoms with E-state index in [0.29, 0.717) is 10.8 Å². The average Bonchev–Trinajstić information content (AvgIpc) is 2.88. The summed E-state index contributed by atoms with van der Waals surface area (Å²) in [6.07, 6.45) is 5.92. The first-order valence-electron chi connectivity index (χ1n) is 5.88. The first kappa shape index (κ1) is 12.9. The minimum absolute atomic E-state index is 0.0464. The molecule has 2 heterocycles. The minimum atomic E-state index is -0.0464. The smallest absolute Gasteiger partial charge is 0.128 e. The normalized spacial score (nSPS) is 12.6. The van der Waals surface area contributed by atoms with Crippen LogP contribution in [0.15, 0.2) is 35.3 Å². The van der Waals surface area contributed by atoms with E-state index in [1.165, 1.54) is 0 Å². The summed E-state index contributed by atoms with van der Waals surface area (Å²) >= 11 is 5.99. The van der Waals surface area contributed by atoms with Gasteiger partial charge in [0.1, 0.15) is 5.82 Å². The molecule has 0 spiro atoms. The lowest BCUT2D eigenvalue weighted by Crippen LogP contribution is -2.24. The van der Waals surface area contributed by atoms with Crippen LogP contribution in [0.25, 0.3) is 0 Å². The molecular formula is C13H16ClN3O. The van der Waals surface area contributed by atoms with E-state index in [1.54, 1.807) is 18.7 Å². The fourth-order valence-electron chi connectivity index (χ4n) is 1.83. The van der Waals surface area contributed by atoms with Crippen LogP contribution in [0, 0.1) is 0 Å². The second kappa shape index (κ2) is 5.89. The Bertz CT molecular complexity index is 499. The zero-order valence-corrected chi connectivity index (χ0v) is 10.9. The van der Waals surface area contributed by atoms with Gasteiger partial charge in [0, 0.05) is 17.3 Å². The Hall–Kier alpha value is -1.52. The zero-order valence-electron chi connectivity index (χ0n) is 10.2. The van der Waals surface area contributed by atoms with Gasteiger partial charge in [0.2, 0.25) is 0 Å². The molecule has 0 aliphatic rings. The molecule has 2 aromatic heterocycles. The maximum atomic E-state index is 5.99. The molecule has 0 amide bonds. The van der Waals surface area contributed by atoms with E-state index in [1.807, 2.05) is 12.1 Å². The number of halogens is 1. The Labute approximate surface area is 111 Å². The highest BCUT2D eigenvalue weighted by Crippen LogP contribution is 2.28. The van der Waals surface area contributed by atoms with E-state index in [9.17, 15) is 0 Å². The van der Waals surface area contributed by atoms with Gasteiger partial charge >= 0.3 is 0 Å². The molecule has 1 unspecified atom stereocenters. The van der Waals surface area contributed by atoms with Crippen molar-refractivity contribution in [1.29, 1.82) is 0 Å². The summed E-state index contributed by atoms with van der Waals surface area (Å²) in [6.45, 7) is 2.99. The van der Waals surface area contributed by atoms with Crippen LogP contribution < -0.4 is 11.1 Å². The monoisotopic (exact) mass is 265 g/mol. The van der Waals surface area contributed by atoms with Crippen LogP contribution in [-0.4, -0.2) is 11.5 Å². The molecule has 0 saturated heterocycles. The number of nitrogen functional groups attached to an aromatic ring is 1. The molecule has 18 heavy (non-hydrogen) atoms. The highest BCUT2D eigenvalue weighted by Gasteiger charge is 2.18. The second-order valence-electron chi connectivity index (χ2n) is 4.07. The molecule has 2 aromatic rings. The first-order valence-corrected chi connectivity index (χ1v) is 6.26. The van der Waals surface area contributed by atoms with E-state index >= 15 is 0 Å². The summed E-state index contributed by atoms with van der Waals surface area (Å²) in [5.41, 5.74) is 7.81. The third kappa shape index (κ3) is 2.83. The SMILES string of the molecule is CCCNC(c1ccoc1)c1cc(Cl)cnc1N. The van der Waals surface area contributed by atoms with Crippen molar-refractivity contribution in [3.8, 4) is 0 Å². The number of hydrogen-bond acceptors (Lipinski definition) is 4. The van der Waals surface area contributed by atoms with Gasteiger partial charge in [-0.25, -0.2) is 4.98 Å². The fraction of sp³-hybridized carbons (Fsp3) is 0.308. The number of nitrogens with two attached hydrogens (primary N) is 1. The van der Waals surface area contributed by atoms with Gasteiger partial charge in [0.25, 0.3) is 0 Å². The lowest BCUT2D eigenvalue weighted by atomic mass is 10.0. The van der Waals surface area contributed by atoms with Gasteiger partial charge in [0.15, 0.2) is 0 Å². The summed E-state index contributed by atoms with van der Waals surface area (Å²) in [6, 6.07) is 3.70. The Kier molecular flexibility index (Phi) is 4.23. The van der Waals surface area contributed by atoms with E-state index in [0.717, 1.165) is 24.1 Å². The quantitative estimate of drug-likeness (QED) is 0.872. The van der Waals surface area contributed by atoms with Crippen molar-refractivity contribution in [2.45, 2.75) is 19.4 Å². The summed E-state index contributed by atoms with van der Waals surface area (Å²) in [5.74, 6) is 0.481. The third-order valence-corrected chi connectivity index (χ3v) is 2.91. The van der Waals surface area contributed by atoms with Gasteiger partial charge < -0.3 is 15.5 Å². The molecule has 0 radical (unpaired) electrons. The number of aromatic nitrogens is 1. The molecule has 0 aliphatic heterocycles. The van der Waals surface area contributed by atoms with E-state index in [-0.39, 0.29) is 6.04 Å². The number of nitrogens with zero attached hydrogens (tertiary/aromatic N) is 1. The lowest BCUT2D eigenvalue weighted by Gasteiger charge is -2.19. The Morgan fingerprint density at radius 2 is 2.39 bits per heavy atom. The standard InChI is InChI=1S/C13H16ClN3O/c1-2-4-16-12(9-3-5-18-8-9)11-6-10(14)7-17-13(11)15/h3,5-8,12,16H,2,4H2,1H3,(H2,15,17). The third-order valence-electron chi connectivity index (χ3n) is 2.70. The van der Waals surface area contributed by atoms with Crippen molar-refractivity contribution >= 4 is 17.4 Å². The number of furan rings is 1. The van der Waals surface area contributed by atoms with Gasteiger partial charge in [-0.15, -0.1) is 0 Å². The van der Waals surface area contributed by atoms with Gasteiger partial charge in [-0.05, 0) is 25.1 Å². The van der Waals surface area contributed by atoms with Crippen molar-refractivity contribution in [3.05, 3.63) is 47.0 Å². The van der Waals surface area contributed by atoms with Crippen molar-refractivity contribution in [2.75, 3.05) is 12.3 Å². The molecule has 1 atom stereocenters. The molecule has 0 aromatic carbocycles. The molecule has 2 rings (SSSR count).